The Morgan fingerprint density at radius 3 is 3.11 bits per heavy atom. The van der Waals surface area contributed by atoms with E-state index < -0.39 is 0 Å². The summed E-state index contributed by atoms with van der Waals surface area (Å²) in [5.41, 5.74) is 2.46. The fourth-order valence-electron chi connectivity index (χ4n) is 2.18. The number of ether oxygens (including phenoxy) is 2. The average Bonchev–Trinajstić information content (AvgIpc) is 2.40. The molecule has 1 fully saturated rings. The van der Waals surface area contributed by atoms with E-state index in [2.05, 4.69) is 29.7 Å². The Balaban J connectivity index is 1.83. The van der Waals surface area contributed by atoms with Gasteiger partial charge in [0, 0.05) is 31.2 Å². The molecule has 18 heavy (non-hydrogen) atoms. The van der Waals surface area contributed by atoms with Gasteiger partial charge in [-0.15, -0.1) is 0 Å². The molecule has 1 aromatic rings. The lowest BCUT2D eigenvalue weighted by atomic mass is 10.1. The van der Waals surface area contributed by atoms with Gasteiger partial charge in [0.1, 0.15) is 5.75 Å². The highest BCUT2D eigenvalue weighted by Crippen LogP contribution is 2.19. The minimum atomic E-state index is 0.412. The van der Waals surface area contributed by atoms with E-state index in [4.69, 9.17) is 9.47 Å². The van der Waals surface area contributed by atoms with Crippen molar-refractivity contribution in [1.29, 1.82) is 0 Å². The molecule has 4 heteroatoms. The number of benzene rings is 1. The van der Waals surface area contributed by atoms with Gasteiger partial charge in [-0.3, -0.25) is 0 Å². The zero-order chi connectivity index (χ0) is 12.8. The van der Waals surface area contributed by atoms with E-state index >= 15 is 0 Å². The Hall–Kier alpha value is -1.10. The van der Waals surface area contributed by atoms with Crippen molar-refractivity contribution in [2.75, 3.05) is 33.4 Å². The summed E-state index contributed by atoms with van der Waals surface area (Å²) in [4.78, 5) is 0. The number of hydrogen-bond donors (Lipinski definition) is 2. The highest BCUT2D eigenvalue weighted by atomic mass is 16.5. The van der Waals surface area contributed by atoms with Crippen molar-refractivity contribution in [3.8, 4) is 5.75 Å². The monoisotopic (exact) mass is 250 g/mol. The van der Waals surface area contributed by atoms with Crippen molar-refractivity contribution in [2.45, 2.75) is 19.5 Å². The maximum absolute atomic E-state index is 5.42. The molecule has 0 amide bonds. The highest BCUT2D eigenvalue weighted by Gasteiger charge is 2.12. The molecule has 1 unspecified atom stereocenters. The van der Waals surface area contributed by atoms with Crippen LogP contribution < -0.4 is 15.4 Å². The predicted molar refractivity (Wildman–Crippen MR) is 72.0 cm³/mol. The molecule has 1 heterocycles. The number of methoxy groups -OCH3 is 1. The van der Waals surface area contributed by atoms with Crippen LogP contribution in [0, 0.1) is 6.92 Å². The van der Waals surface area contributed by atoms with Gasteiger partial charge >= 0.3 is 0 Å². The van der Waals surface area contributed by atoms with Crippen molar-refractivity contribution >= 4 is 0 Å². The molecule has 2 N–H and O–H groups in total. The smallest absolute Gasteiger partial charge is 0.123 e. The molecule has 100 valence electrons. The highest BCUT2D eigenvalue weighted by molar-refractivity contribution is 5.36. The van der Waals surface area contributed by atoms with Crippen LogP contribution in [0.4, 0.5) is 0 Å². The van der Waals surface area contributed by atoms with E-state index in [-0.39, 0.29) is 0 Å². The van der Waals surface area contributed by atoms with Gasteiger partial charge in [0.15, 0.2) is 0 Å². The standard InChI is InChI=1S/C14H22N2O2/c1-11-3-4-14(17-2)12(7-11)8-15-9-13-10-18-6-5-16-13/h3-4,7,13,15-16H,5-6,8-10H2,1-2H3. The van der Waals surface area contributed by atoms with Gasteiger partial charge in [0.25, 0.3) is 0 Å². The summed E-state index contributed by atoms with van der Waals surface area (Å²) in [6.07, 6.45) is 0. The largest absolute Gasteiger partial charge is 0.496 e. The molecular weight excluding hydrogens is 228 g/mol. The minimum absolute atomic E-state index is 0.412. The maximum atomic E-state index is 5.42. The van der Waals surface area contributed by atoms with Crippen LogP contribution >= 0.6 is 0 Å². The first kappa shape index (κ1) is 13.3. The second kappa shape index (κ2) is 6.73. The summed E-state index contributed by atoms with van der Waals surface area (Å²) in [7, 11) is 1.71. The third-order valence-corrected chi connectivity index (χ3v) is 3.14. The lowest BCUT2D eigenvalue weighted by Gasteiger charge is -2.24. The summed E-state index contributed by atoms with van der Waals surface area (Å²) < 4.78 is 10.8. The first-order valence-electron chi connectivity index (χ1n) is 6.45. The van der Waals surface area contributed by atoms with Gasteiger partial charge in [0.05, 0.1) is 20.3 Å². The van der Waals surface area contributed by atoms with Gasteiger partial charge in [-0.2, -0.15) is 0 Å². The summed E-state index contributed by atoms with van der Waals surface area (Å²) in [5.74, 6) is 0.945. The van der Waals surface area contributed by atoms with E-state index in [1.807, 2.05) is 6.07 Å². The first-order valence-corrected chi connectivity index (χ1v) is 6.45. The lowest BCUT2D eigenvalue weighted by Crippen LogP contribution is -2.47. The van der Waals surface area contributed by atoms with Crippen LogP contribution in [0.25, 0.3) is 0 Å². The minimum Gasteiger partial charge on any atom is -0.496 e. The van der Waals surface area contributed by atoms with Crippen molar-refractivity contribution in [1.82, 2.24) is 10.6 Å². The molecule has 1 aliphatic heterocycles. The van der Waals surface area contributed by atoms with Crippen LogP contribution in [-0.4, -0.2) is 39.5 Å². The van der Waals surface area contributed by atoms with Crippen LogP contribution in [-0.2, 0) is 11.3 Å². The molecule has 0 bridgehead atoms. The number of hydrogen-bond acceptors (Lipinski definition) is 4. The van der Waals surface area contributed by atoms with E-state index in [0.29, 0.717) is 6.04 Å². The Labute approximate surface area is 109 Å². The van der Waals surface area contributed by atoms with E-state index in [9.17, 15) is 0 Å². The molecule has 0 spiro atoms. The lowest BCUT2D eigenvalue weighted by molar-refractivity contribution is 0.0766. The molecular formula is C14H22N2O2. The van der Waals surface area contributed by atoms with Gasteiger partial charge < -0.3 is 20.1 Å². The van der Waals surface area contributed by atoms with Crippen molar-refractivity contribution in [3.63, 3.8) is 0 Å². The normalized spacial score (nSPS) is 19.8. The fourth-order valence-corrected chi connectivity index (χ4v) is 2.18. The van der Waals surface area contributed by atoms with E-state index in [0.717, 1.165) is 38.6 Å². The van der Waals surface area contributed by atoms with Crippen LogP contribution in [0.1, 0.15) is 11.1 Å². The van der Waals surface area contributed by atoms with Gasteiger partial charge in [0.2, 0.25) is 0 Å². The third kappa shape index (κ3) is 3.70. The number of rotatable bonds is 5. The molecule has 1 aromatic carbocycles. The van der Waals surface area contributed by atoms with Crippen molar-refractivity contribution < 1.29 is 9.47 Å². The first-order chi connectivity index (χ1) is 8.79. The average molecular weight is 250 g/mol. The third-order valence-electron chi connectivity index (χ3n) is 3.14. The van der Waals surface area contributed by atoms with Crippen LogP contribution in [0.15, 0.2) is 18.2 Å². The topological polar surface area (TPSA) is 42.5 Å². The maximum Gasteiger partial charge on any atom is 0.123 e. The molecule has 0 aliphatic carbocycles. The SMILES string of the molecule is COc1ccc(C)cc1CNCC1COCCN1. The molecule has 2 rings (SSSR count). The Morgan fingerprint density at radius 1 is 1.50 bits per heavy atom. The fraction of sp³-hybridized carbons (Fsp3) is 0.571. The van der Waals surface area contributed by atoms with Crippen molar-refractivity contribution in [2.24, 2.45) is 0 Å². The van der Waals surface area contributed by atoms with Gasteiger partial charge in [-0.25, -0.2) is 0 Å². The van der Waals surface area contributed by atoms with Gasteiger partial charge in [-0.05, 0) is 13.0 Å². The zero-order valence-electron chi connectivity index (χ0n) is 11.2. The number of nitrogens with one attached hydrogen (secondary N) is 2. The van der Waals surface area contributed by atoms with Crippen LogP contribution in [0.2, 0.25) is 0 Å². The van der Waals surface area contributed by atoms with E-state index in [1.54, 1.807) is 7.11 Å². The summed E-state index contributed by atoms with van der Waals surface area (Å²) >= 11 is 0. The van der Waals surface area contributed by atoms with Crippen molar-refractivity contribution in [3.05, 3.63) is 29.3 Å². The predicted octanol–water partition coefficient (Wildman–Crippen LogP) is 1.08. The molecule has 1 atom stereocenters. The molecule has 0 aromatic heterocycles. The number of aryl methyl sites for hydroxylation is 1. The zero-order valence-corrected chi connectivity index (χ0v) is 11.2. The molecule has 1 aliphatic rings. The van der Waals surface area contributed by atoms with Crippen LogP contribution in [0.3, 0.4) is 0 Å². The number of morpholine rings is 1. The molecule has 0 saturated carbocycles. The van der Waals surface area contributed by atoms with Gasteiger partial charge in [-0.1, -0.05) is 17.7 Å². The van der Waals surface area contributed by atoms with Crippen LogP contribution in [0.5, 0.6) is 5.75 Å². The summed E-state index contributed by atoms with van der Waals surface area (Å²) in [6.45, 7) is 6.39. The quantitative estimate of drug-likeness (QED) is 0.821. The molecule has 0 radical (unpaired) electrons. The second-order valence-electron chi connectivity index (χ2n) is 4.67. The second-order valence-corrected chi connectivity index (χ2v) is 4.67. The summed E-state index contributed by atoms with van der Waals surface area (Å²) in [5, 5.41) is 6.88. The Bertz CT molecular complexity index is 376. The Morgan fingerprint density at radius 2 is 2.39 bits per heavy atom. The Kier molecular flexibility index (Phi) is 4.99. The van der Waals surface area contributed by atoms with E-state index in [1.165, 1.54) is 11.1 Å². The molecule has 4 nitrogen and oxygen atoms in total. The summed E-state index contributed by atoms with van der Waals surface area (Å²) in [6, 6.07) is 6.67. The molecule has 1 saturated heterocycles.